The van der Waals surface area contributed by atoms with E-state index < -0.39 is 34.3 Å². The molecule has 0 spiro atoms. The number of hydrogen-bond donors (Lipinski definition) is 0. The van der Waals surface area contributed by atoms with Crippen LogP contribution >= 0.6 is 12.0 Å². The van der Waals surface area contributed by atoms with Crippen molar-refractivity contribution in [1.29, 1.82) is 0 Å². The lowest BCUT2D eigenvalue weighted by Crippen LogP contribution is -2.59. The highest BCUT2D eigenvalue weighted by Gasteiger charge is 2.62. The smallest absolute Gasteiger partial charge is 0.415 e. The molecule has 7 aliphatic carbocycles. The van der Waals surface area contributed by atoms with Crippen molar-refractivity contribution in [3.8, 4) is 0 Å². The molecule has 0 aromatic rings. The first-order valence-electron chi connectivity index (χ1n) is 13.0. The minimum absolute atomic E-state index is 0.00715. The van der Waals surface area contributed by atoms with Gasteiger partial charge in [0.2, 0.25) is 0 Å². The van der Waals surface area contributed by atoms with Crippen LogP contribution in [0.2, 0.25) is 0 Å². The van der Waals surface area contributed by atoms with Gasteiger partial charge in [0.05, 0.1) is 12.5 Å². The summed E-state index contributed by atoms with van der Waals surface area (Å²) in [5.41, 5.74) is -1.04. The van der Waals surface area contributed by atoms with Crippen LogP contribution in [0.5, 0.6) is 0 Å². The number of hydrogen-bond acceptors (Lipinski definition) is 8. The molecule has 196 valence electrons. The molecule has 8 atom stereocenters. The summed E-state index contributed by atoms with van der Waals surface area (Å²) in [7, 11) is 0. The van der Waals surface area contributed by atoms with Crippen molar-refractivity contribution in [3.05, 3.63) is 0 Å². The van der Waals surface area contributed by atoms with E-state index in [0.29, 0.717) is 36.0 Å². The number of carbonyl (C=O) groups is 2. The fourth-order valence-corrected chi connectivity index (χ4v) is 10.2. The summed E-state index contributed by atoms with van der Waals surface area (Å²) >= 11 is -0.674. The van der Waals surface area contributed by atoms with Crippen molar-refractivity contribution in [2.75, 3.05) is 6.61 Å². The maximum Gasteiger partial charge on any atom is 0.415 e. The molecule has 35 heavy (non-hydrogen) atoms. The van der Waals surface area contributed by atoms with E-state index in [2.05, 4.69) is 16.3 Å². The highest BCUT2D eigenvalue weighted by molar-refractivity contribution is 7.96. The number of carbonyl (C=O) groups excluding carboxylic acids is 2. The summed E-state index contributed by atoms with van der Waals surface area (Å²) in [5, 5.41) is 8.72. The van der Waals surface area contributed by atoms with E-state index >= 15 is 0 Å². The minimum Gasteiger partial charge on any atom is -0.691 e. The Morgan fingerprint density at radius 1 is 1.00 bits per heavy atom. The number of halogens is 2. The predicted octanol–water partition coefficient (Wildman–Crippen LogP) is 4.19. The summed E-state index contributed by atoms with van der Waals surface area (Å²) in [4.78, 5) is 25.5. The second kappa shape index (κ2) is 8.53. The molecule has 7 aliphatic rings. The molecule has 0 aliphatic heterocycles. The van der Waals surface area contributed by atoms with E-state index in [0.717, 1.165) is 56.8 Å². The van der Waals surface area contributed by atoms with Crippen molar-refractivity contribution in [3.63, 3.8) is 0 Å². The Hall–Kier alpha value is -0.970. The molecule has 10 heteroatoms. The van der Waals surface area contributed by atoms with Gasteiger partial charge in [-0.3, -0.25) is 9.83 Å². The molecule has 0 aromatic carbocycles. The van der Waals surface area contributed by atoms with Gasteiger partial charge in [-0.05, 0) is 106 Å². The predicted molar refractivity (Wildman–Crippen MR) is 117 cm³/mol. The second-order valence-corrected chi connectivity index (χ2v) is 13.6. The zero-order chi connectivity index (χ0) is 24.6. The van der Waals surface area contributed by atoms with Gasteiger partial charge in [-0.25, -0.2) is 4.79 Å². The third-order valence-electron chi connectivity index (χ3n) is 10.4. The maximum atomic E-state index is 13.8. The fourth-order valence-electron chi connectivity index (χ4n) is 9.95. The van der Waals surface area contributed by atoms with Crippen molar-refractivity contribution >= 4 is 24.0 Å². The molecule has 8 unspecified atom stereocenters. The Balaban J connectivity index is 1.12. The van der Waals surface area contributed by atoms with Gasteiger partial charge < -0.3 is 14.7 Å². The van der Waals surface area contributed by atoms with Crippen LogP contribution in [0.3, 0.4) is 0 Å². The number of esters is 2. The van der Waals surface area contributed by atoms with Gasteiger partial charge in [-0.2, -0.15) is 13.1 Å². The van der Waals surface area contributed by atoms with Crippen molar-refractivity contribution in [2.24, 2.45) is 52.8 Å². The molecule has 7 saturated carbocycles. The molecular formula is C25H33F2O7S-. The van der Waals surface area contributed by atoms with Gasteiger partial charge in [0.25, 0.3) is 0 Å². The van der Waals surface area contributed by atoms with Gasteiger partial charge in [0.15, 0.2) is 0 Å². The summed E-state index contributed by atoms with van der Waals surface area (Å²) < 4.78 is 42.8. The summed E-state index contributed by atoms with van der Waals surface area (Å²) in [6.07, 6.45) is 9.43. The molecule has 6 bridgehead atoms. The zero-order valence-electron chi connectivity index (χ0n) is 19.9. The maximum absolute atomic E-state index is 13.8. The molecule has 0 aromatic heterocycles. The SMILES string of the molecule is CC1CC2C3CC(C(=O)OC45CC6CC(CC(COC(=O)C(F)(F)SOO[O-])(C6)C4)C5)C(C3)C2C1. The first-order valence-corrected chi connectivity index (χ1v) is 13.8. The van der Waals surface area contributed by atoms with E-state index in [4.69, 9.17) is 9.47 Å². The van der Waals surface area contributed by atoms with Crippen molar-refractivity contribution in [1.82, 2.24) is 0 Å². The van der Waals surface area contributed by atoms with Gasteiger partial charge in [-0.1, -0.05) is 6.92 Å². The highest BCUT2D eigenvalue weighted by atomic mass is 32.2. The molecule has 7 rings (SSSR count). The minimum atomic E-state index is -4.05. The Kier molecular flexibility index (Phi) is 5.94. The van der Waals surface area contributed by atoms with Crippen molar-refractivity contribution < 1.29 is 42.5 Å². The van der Waals surface area contributed by atoms with E-state index in [1.165, 1.54) is 12.8 Å². The summed E-state index contributed by atoms with van der Waals surface area (Å²) in [6, 6.07) is 0. The lowest BCUT2D eigenvalue weighted by Gasteiger charge is -2.61. The van der Waals surface area contributed by atoms with Crippen molar-refractivity contribution in [2.45, 2.75) is 82.0 Å². The highest BCUT2D eigenvalue weighted by Crippen LogP contribution is 2.65. The Labute approximate surface area is 208 Å². The van der Waals surface area contributed by atoms with Crippen LogP contribution in [0.1, 0.15) is 71.1 Å². The van der Waals surface area contributed by atoms with Gasteiger partial charge >= 0.3 is 17.2 Å². The van der Waals surface area contributed by atoms with Crippen LogP contribution in [-0.4, -0.2) is 29.4 Å². The van der Waals surface area contributed by atoms with E-state index in [1.807, 2.05) is 0 Å². The average Bonchev–Trinajstić information content (AvgIpc) is 3.46. The normalized spacial score (nSPS) is 47.2. The molecule has 0 saturated heterocycles. The van der Waals surface area contributed by atoms with Crippen LogP contribution in [0.25, 0.3) is 0 Å². The van der Waals surface area contributed by atoms with E-state index in [-0.39, 0.29) is 18.5 Å². The Morgan fingerprint density at radius 3 is 2.43 bits per heavy atom. The molecule has 0 N–H and O–H groups in total. The monoisotopic (exact) mass is 515 g/mol. The van der Waals surface area contributed by atoms with Crippen LogP contribution in [-0.2, 0) is 28.4 Å². The van der Waals surface area contributed by atoms with Gasteiger partial charge in [0, 0.05) is 5.41 Å². The largest absolute Gasteiger partial charge is 0.691 e. The standard InChI is InChI=1S/C25H34F2O7S/c1-13-2-17-16-5-19(18(17)3-13)20(6-16)21(28)32-24-9-14-4-15(10-24)8-23(7-14,11-24)12-31-22(29)25(26,27)35-34-33-30/h13-20,30H,2-12H2,1H3/p-1. The Bertz CT molecular complexity index is 870. The molecule has 7 nitrogen and oxygen atoms in total. The lowest BCUT2D eigenvalue weighted by atomic mass is 9.48. The van der Waals surface area contributed by atoms with E-state index in [9.17, 15) is 23.6 Å². The quantitative estimate of drug-likeness (QED) is 0.206. The van der Waals surface area contributed by atoms with Gasteiger partial charge in [-0.15, -0.1) is 0 Å². The molecular weight excluding hydrogens is 482 g/mol. The molecule has 7 fully saturated rings. The van der Waals surface area contributed by atoms with E-state index in [1.54, 1.807) is 0 Å². The fraction of sp³-hybridized carbons (Fsp3) is 0.920. The number of alkyl halides is 2. The second-order valence-electron chi connectivity index (χ2n) is 12.8. The first-order chi connectivity index (χ1) is 16.6. The topological polar surface area (TPSA) is 94.1 Å². The third-order valence-corrected chi connectivity index (χ3v) is 10.9. The number of ether oxygens (including phenoxy) is 2. The van der Waals surface area contributed by atoms with Crippen LogP contribution < -0.4 is 5.26 Å². The van der Waals surface area contributed by atoms with Crippen LogP contribution in [0.15, 0.2) is 0 Å². The lowest BCUT2D eigenvalue weighted by molar-refractivity contribution is -0.777. The van der Waals surface area contributed by atoms with Crippen LogP contribution in [0, 0.1) is 52.8 Å². The van der Waals surface area contributed by atoms with Crippen LogP contribution in [0.4, 0.5) is 8.78 Å². The molecule has 0 heterocycles. The first kappa shape index (κ1) is 24.4. The number of rotatable bonds is 8. The Morgan fingerprint density at radius 2 is 1.71 bits per heavy atom. The zero-order valence-corrected chi connectivity index (χ0v) is 20.7. The molecule has 0 radical (unpaired) electrons. The average molecular weight is 516 g/mol. The third kappa shape index (κ3) is 4.20. The summed E-state index contributed by atoms with van der Waals surface area (Å²) in [5.74, 6) is 2.18. The number of fused-ring (bicyclic) bond motifs is 5. The summed E-state index contributed by atoms with van der Waals surface area (Å²) in [6.45, 7) is 2.17. The van der Waals surface area contributed by atoms with Gasteiger partial charge in [0.1, 0.15) is 17.6 Å². The molecule has 0 amide bonds.